The van der Waals surface area contributed by atoms with Crippen LogP contribution < -0.4 is 4.74 Å². The molecule has 0 bridgehead atoms. The summed E-state index contributed by atoms with van der Waals surface area (Å²) in [6.07, 6.45) is 9.97. The average molecular weight is 376 g/mol. The van der Waals surface area contributed by atoms with Crippen molar-refractivity contribution in [3.8, 4) is 5.75 Å². The van der Waals surface area contributed by atoms with Crippen LogP contribution in [0.2, 0.25) is 0 Å². The monoisotopic (exact) mass is 376 g/mol. The molecule has 27 heavy (non-hydrogen) atoms. The summed E-state index contributed by atoms with van der Waals surface area (Å²) in [6.45, 7) is 7.11. The number of carbonyl (C=O) groups excluding carboxylic acids is 1. The molecule has 1 aromatic heterocycles. The maximum Gasteiger partial charge on any atom is 0.410 e. The average Bonchev–Trinajstić information content (AvgIpc) is 2.63. The summed E-state index contributed by atoms with van der Waals surface area (Å²) in [4.78, 5) is 18.0. The Morgan fingerprint density at radius 3 is 2.11 bits per heavy atom. The number of piperidine rings is 1. The highest BCUT2D eigenvalue weighted by atomic mass is 16.6. The van der Waals surface area contributed by atoms with Gasteiger partial charge >= 0.3 is 6.09 Å². The van der Waals surface area contributed by atoms with Crippen LogP contribution in [0.15, 0.2) is 24.5 Å². The van der Waals surface area contributed by atoms with E-state index in [1.54, 1.807) is 17.3 Å². The van der Waals surface area contributed by atoms with Crippen LogP contribution in [0, 0.1) is 0 Å². The molecular weight excluding hydrogens is 344 g/mol. The molecule has 1 aliphatic heterocycles. The normalized spacial score (nSPS) is 24.5. The van der Waals surface area contributed by atoms with E-state index in [1.807, 2.05) is 32.9 Å². The summed E-state index contributed by atoms with van der Waals surface area (Å²) in [5, 5.41) is 0. The van der Waals surface area contributed by atoms with Crippen LogP contribution in [0.5, 0.6) is 5.75 Å². The first-order valence-corrected chi connectivity index (χ1v) is 10.1. The maximum absolute atomic E-state index is 12.1. The van der Waals surface area contributed by atoms with Crippen molar-refractivity contribution in [3.05, 3.63) is 24.5 Å². The zero-order valence-corrected chi connectivity index (χ0v) is 16.7. The number of pyridine rings is 1. The molecule has 3 rings (SSSR count). The number of hydrogen-bond acceptors (Lipinski definition) is 5. The van der Waals surface area contributed by atoms with Crippen LogP contribution in [0.25, 0.3) is 0 Å². The lowest BCUT2D eigenvalue weighted by atomic mass is 9.94. The molecule has 6 heteroatoms. The lowest BCUT2D eigenvalue weighted by molar-refractivity contribution is -0.0675. The maximum atomic E-state index is 12.1. The first-order chi connectivity index (χ1) is 12.9. The van der Waals surface area contributed by atoms with Gasteiger partial charge in [0.05, 0.1) is 18.3 Å². The van der Waals surface area contributed by atoms with Gasteiger partial charge in [-0.3, -0.25) is 4.98 Å². The van der Waals surface area contributed by atoms with Crippen LogP contribution in [0.3, 0.4) is 0 Å². The summed E-state index contributed by atoms with van der Waals surface area (Å²) in [5.74, 6) is 0.892. The van der Waals surface area contributed by atoms with Crippen LogP contribution >= 0.6 is 0 Å². The van der Waals surface area contributed by atoms with Gasteiger partial charge < -0.3 is 19.1 Å². The second-order valence-corrected chi connectivity index (χ2v) is 8.50. The van der Waals surface area contributed by atoms with E-state index in [1.165, 1.54) is 0 Å². The van der Waals surface area contributed by atoms with Crippen molar-refractivity contribution in [3.63, 3.8) is 0 Å². The van der Waals surface area contributed by atoms with Gasteiger partial charge in [0, 0.05) is 25.5 Å². The van der Waals surface area contributed by atoms with Crippen molar-refractivity contribution in [2.75, 3.05) is 13.1 Å². The predicted molar refractivity (Wildman–Crippen MR) is 103 cm³/mol. The number of aromatic nitrogens is 1. The first kappa shape index (κ1) is 19.9. The first-order valence-electron chi connectivity index (χ1n) is 10.1. The van der Waals surface area contributed by atoms with Gasteiger partial charge in [-0.15, -0.1) is 0 Å². The third kappa shape index (κ3) is 6.38. The molecular formula is C21H32N2O4. The predicted octanol–water partition coefficient (Wildman–Crippen LogP) is 4.19. The topological polar surface area (TPSA) is 60.9 Å². The smallest absolute Gasteiger partial charge is 0.410 e. The highest BCUT2D eigenvalue weighted by Crippen LogP contribution is 2.28. The van der Waals surface area contributed by atoms with Crippen LogP contribution in [-0.2, 0) is 9.47 Å². The molecule has 0 atom stereocenters. The Morgan fingerprint density at radius 2 is 1.52 bits per heavy atom. The van der Waals surface area contributed by atoms with Gasteiger partial charge in [0.1, 0.15) is 11.4 Å². The number of hydrogen-bond donors (Lipinski definition) is 0. The quantitative estimate of drug-likeness (QED) is 0.789. The molecule has 2 fully saturated rings. The third-order valence-corrected chi connectivity index (χ3v) is 5.05. The Hall–Kier alpha value is -1.82. The molecule has 1 amide bonds. The molecule has 0 N–H and O–H groups in total. The molecule has 1 aromatic rings. The molecule has 6 nitrogen and oxygen atoms in total. The largest absolute Gasteiger partial charge is 0.490 e. The van der Waals surface area contributed by atoms with E-state index in [2.05, 4.69) is 4.98 Å². The van der Waals surface area contributed by atoms with Crippen molar-refractivity contribution in [1.29, 1.82) is 0 Å². The minimum atomic E-state index is -0.443. The molecule has 1 saturated heterocycles. The highest BCUT2D eigenvalue weighted by molar-refractivity contribution is 5.68. The third-order valence-electron chi connectivity index (χ3n) is 5.05. The zero-order valence-electron chi connectivity index (χ0n) is 16.7. The van der Waals surface area contributed by atoms with Crippen molar-refractivity contribution in [2.24, 2.45) is 0 Å². The molecule has 150 valence electrons. The molecule has 0 unspecified atom stereocenters. The van der Waals surface area contributed by atoms with E-state index >= 15 is 0 Å². The molecule has 1 aliphatic carbocycles. The Balaban J connectivity index is 1.35. The van der Waals surface area contributed by atoms with Gasteiger partial charge in [-0.1, -0.05) is 0 Å². The fourth-order valence-electron chi connectivity index (χ4n) is 3.67. The summed E-state index contributed by atoms with van der Waals surface area (Å²) in [5.41, 5.74) is -0.443. The Kier molecular flexibility index (Phi) is 6.58. The van der Waals surface area contributed by atoms with Gasteiger partial charge in [0.15, 0.2) is 0 Å². The van der Waals surface area contributed by atoms with Gasteiger partial charge in [0.2, 0.25) is 0 Å². The van der Waals surface area contributed by atoms with Crippen LogP contribution in [-0.4, -0.2) is 53.0 Å². The van der Waals surface area contributed by atoms with E-state index in [9.17, 15) is 4.79 Å². The van der Waals surface area contributed by atoms with Gasteiger partial charge in [-0.2, -0.15) is 0 Å². The van der Waals surface area contributed by atoms with Crippen molar-refractivity contribution >= 4 is 6.09 Å². The zero-order chi connectivity index (χ0) is 19.3. The van der Waals surface area contributed by atoms with Crippen molar-refractivity contribution < 1.29 is 19.0 Å². The summed E-state index contributed by atoms with van der Waals surface area (Å²) < 4.78 is 17.8. The summed E-state index contributed by atoms with van der Waals surface area (Å²) >= 11 is 0. The number of likely N-dealkylation sites (tertiary alicyclic amines) is 1. The minimum Gasteiger partial charge on any atom is -0.490 e. The molecule has 0 aromatic carbocycles. The standard InChI is InChI=1S/C21H32N2O4/c1-21(2,3)27-20(24)23-14-10-19(11-15-23)26-17-6-4-16(5-7-17)25-18-8-12-22-13-9-18/h8-9,12-13,16-17,19H,4-7,10-11,14-15H2,1-3H3. The Morgan fingerprint density at radius 1 is 0.963 bits per heavy atom. The molecule has 1 saturated carbocycles. The summed E-state index contributed by atoms with van der Waals surface area (Å²) in [6, 6.07) is 3.81. The molecule has 2 heterocycles. The lowest BCUT2D eigenvalue weighted by Crippen LogP contribution is -2.44. The fraction of sp³-hybridized carbons (Fsp3) is 0.714. The van der Waals surface area contributed by atoms with E-state index < -0.39 is 5.60 Å². The van der Waals surface area contributed by atoms with Gasteiger partial charge in [0.25, 0.3) is 0 Å². The second kappa shape index (κ2) is 8.91. The molecule has 0 radical (unpaired) electrons. The van der Waals surface area contributed by atoms with Crippen LogP contribution in [0.4, 0.5) is 4.79 Å². The highest BCUT2D eigenvalue weighted by Gasteiger charge is 2.30. The molecule has 0 spiro atoms. The summed E-state index contributed by atoms with van der Waals surface area (Å²) in [7, 11) is 0. The SMILES string of the molecule is CC(C)(C)OC(=O)N1CCC(OC2CCC(Oc3ccncc3)CC2)CC1. The number of nitrogens with zero attached hydrogens (tertiary/aromatic N) is 2. The van der Waals surface area contributed by atoms with Crippen LogP contribution in [0.1, 0.15) is 59.3 Å². The van der Waals surface area contributed by atoms with E-state index in [0.29, 0.717) is 19.2 Å². The Labute approximate surface area is 162 Å². The number of ether oxygens (including phenoxy) is 3. The minimum absolute atomic E-state index is 0.213. The lowest BCUT2D eigenvalue weighted by Gasteiger charge is -2.36. The number of carbonyl (C=O) groups is 1. The second-order valence-electron chi connectivity index (χ2n) is 8.50. The fourth-order valence-corrected chi connectivity index (χ4v) is 3.67. The van der Waals surface area contributed by atoms with Gasteiger partial charge in [-0.25, -0.2) is 4.79 Å². The van der Waals surface area contributed by atoms with E-state index in [-0.39, 0.29) is 18.3 Å². The molecule has 2 aliphatic rings. The van der Waals surface area contributed by atoms with Crippen molar-refractivity contribution in [2.45, 2.75) is 83.2 Å². The van der Waals surface area contributed by atoms with Gasteiger partial charge in [-0.05, 0) is 71.4 Å². The van der Waals surface area contributed by atoms with E-state index in [4.69, 9.17) is 14.2 Å². The number of rotatable bonds is 4. The number of amides is 1. The Bertz CT molecular complexity index is 586. The van der Waals surface area contributed by atoms with Crippen molar-refractivity contribution in [1.82, 2.24) is 9.88 Å². The van der Waals surface area contributed by atoms with E-state index in [0.717, 1.165) is 44.3 Å².